The van der Waals surface area contributed by atoms with Crippen LogP contribution in [0.2, 0.25) is 0 Å². The molecule has 0 aromatic rings. The van der Waals surface area contributed by atoms with E-state index in [4.69, 9.17) is 30.4 Å². The van der Waals surface area contributed by atoms with Gasteiger partial charge >= 0.3 is 12.2 Å². The third kappa shape index (κ3) is 5.86. The zero-order valence-corrected chi connectivity index (χ0v) is 32.7. The Morgan fingerprint density at radius 2 is 1.10 bits per heavy atom. The lowest BCUT2D eigenvalue weighted by Crippen LogP contribution is -2.55. The van der Waals surface area contributed by atoms with E-state index in [-0.39, 0.29) is 107 Å². The number of amides is 2. The molecule has 58 heavy (non-hydrogen) atoms. The Hall–Kier alpha value is -4.86. The molecule has 314 valence electrons. The molecule has 6 aliphatic heterocycles. The van der Waals surface area contributed by atoms with Gasteiger partial charge in [0.25, 0.3) is 0 Å². The largest absolute Gasteiger partial charge is 0.449 e. The minimum absolute atomic E-state index is 0.0294. The summed E-state index contributed by atoms with van der Waals surface area (Å²) in [5.74, 6) is -3.16. The second kappa shape index (κ2) is 14.5. The fraction of sp³-hybridized carbons (Fsp3) is 0.632. The van der Waals surface area contributed by atoms with Crippen molar-refractivity contribution in [1.29, 1.82) is 0 Å². The Kier molecular flexibility index (Phi) is 9.95. The number of allylic oxidation sites excluding steroid dienone is 4. The summed E-state index contributed by atoms with van der Waals surface area (Å²) in [6.45, 7) is 3.42. The third-order valence-electron chi connectivity index (χ3n) is 13.2. The number of Topliss-reactive ketones (excluding diaryl/α,β-unsaturated/α-hetero) is 4. The second-order valence-corrected chi connectivity index (χ2v) is 16.2. The van der Waals surface area contributed by atoms with Crippen LogP contribution in [0, 0.1) is 11.8 Å². The number of hydrogen-bond acceptors (Lipinski definition) is 18. The average Bonchev–Trinajstić information content (AvgIpc) is 4.02. The zero-order chi connectivity index (χ0) is 41.6. The van der Waals surface area contributed by atoms with Gasteiger partial charge in [0.1, 0.15) is 13.2 Å². The number of carbonyl (C=O) groups is 6. The summed E-state index contributed by atoms with van der Waals surface area (Å²) >= 11 is 0. The maximum atomic E-state index is 14.0. The number of primary amides is 2. The standard InChI is InChI=1S/C38H50N8O12/c1-15-25(31(51)23-19(13-57-35(39)53)37(55-3)33-21(43-33)11-45(37)27(23)29(15)49)41-9-17(47)7-5-6-8-18(48)10-42-26-16(2)30(50)28-24(32(26)52)20(14-58-36(40)54)38(56-4)34-22(44-34)12-46(28)38/h17-22,33-34,41-44,47-48H,5-14H2,1-4H3,(H2,39,53)(H2,40,54)/t17?,18?,19-,20-,21+,22+,33+,34+,37-,38-/m1/s1. The Morgan fingerprint density at radius 3 is 1.45 bits per heavy atom. The minimum Gasteiger partial charge on any atom is -0.449 e. The molecule has 0 spiro atoms. The lowest BCUT2D eigenvalue weighted by Gasteiger charge is -2.39. The average molecular weight is 811 g/mol. The van der Waals surface area contributed by atoms with Crippen molar-refractivity contribution in [1.82, 2.24) is 31.1 Å². The molecule has 8 rings (SSSR count). The first-order valence-corrected chi connectivity index (χ1v) is 19.6. The number of carbonyl (C=O) groups excluding carboxylic acids is 6. The number of aliphatic hydroxyl groups is 2. The molecule has 2 unspecified atom stereocenters. The van der Waals surface area contributed by atoms with Crippen molar-refractivity contribution in [2.24, 2.45) is 23.3 Å². The second-order valence-electron chi connectivity index (χ2n) is 16.2. The highest BCUT2D eigenvalue weighted by Crippen LogP contribution is 2.57. The van der Waals surface area contributed by atoms with Gasteiger partial charge in [-0.1, -0.05) is 12.8 Å². The van der Waals surface area contributed by atoms with Gasteiger partial charge in [0.05, 0.1) is 58.9 Å². The smallest absolute Gasteiger partial charge is 0.404 e. The van der Waals surface area contributed by atoms with Crippen LogP contribution in [0.25, 0.3) is 0 Å². The molecule has 0 radical (unpaired) electrons. The summed E-state index contributed by atoms with van der Waals surface area (Å²) in [5, 5.41) is 34.3. The molecule has 10 atom stereocenters. The van der Waals surface area contributed by atoms with E-state index in [1.54, 1.807) is 23.6 Å². The molecule has 6 heterocycles. The number of piperazine rings is 2. The third-order valence-corrected chi connectivity index (χ3v) is 13.2. The van der Waals surface area contributed by atoms with Gasteiger partial charge in [-0.3, -0.25) is 19.2 Å². The molecule has 2 amide bonds. The van der Waals surface area contributed by atoms with Gasteiger partial charge in [-0.25, -0.2) is 9.59 Å². The molecule has 20 nitrogen and oxygen atoms in total. The van der Waals surface area contributed by atoms with Crippen molar-refractivity contribution in [2.45, 2.75) is 87.4 Å². The number of nitrogens with zero attached hydrogens (tertiary/aromatic N) is 2. The molecule has 4 saturated heterocycles. The number of ether oxygens (including phenoxy) is 4. The van der Waals surface area contributed by atoms with Crippen molar-refractivity contribution in [3.63, 3.8) is 0 Å². The first kappa shape index (κ1) is 39.9. The van der Waals surface area contributed by atoms with Crippen LogP contribution in [0.3, 0.4) is 0 Å². The summed E-state index contributed by atoms with van der Waals surface area (Å²) in [7, 11) is 2.99. The Labute approximate surface area is 333 Å². The van der Waals surface area contributed by atoms with Gasteiger partial charge in [0, 0.05) is 74.8 Å². The summed E-state index contributed by atoms with van der Waals surface area (Å²) in [6.07, 6.45) is -2.18. The zero-order valence-electron chi connectivity index (χ0n) is 32.7. The molecular formula is C38H50N8O12. The molecule has 8 aliphatic rings. The van der Waals surface area contributed by atoms with Crippen molar-refractivity contribution >= 4 is 35.3 Å². The number of unbranched alkanes of at least 4 members (excludes halogenated alkanes) is 1. The summed E-state index contributed by atoms with van der Waals surface area (Å²) in [5.41, 5.74) is 9.68. The SMILES string of the molecule is CO[C@@]12[C@H](COC(N)=O)C3=C(C(=O)C(C)=C(NCC(O)CCCCC(O)CNC4=C(C)C(=O)C5=C(C4=O)[C@@H](COC(N)=O)[C@@]4(OC)[C@H]6N[C@H]6CN54)C3=O)N1C[C@@H]1N[C@@H]12. The number of methoxy groups -OCH3 is 2. The van der Waals surface area contributed by atoms with E-state index >= 15 is 0 Å². The number of aliphatic hydroxyl groups excluding tert-OH is 2. The predicted molar refractivity (Wildman–Crippen MR) is 198 cm³/mol. The predicted octanol–water partition coefficient (Wildman–Crippen LogP) is -2.74. The molecule has 0 bridgehead atoms. The normalized spacial score (nSPS) is 33.8. The van der Waals surface area contributed by atoms with Crippen LogP contribution in [-0.4, -0.2) is 157 Å². The molecule has 2 aliphatic carbocycles. The monoisotopic (exact) mass is 810 g/mol. The van der Waals surface area contributed by atoms with Gasteiger partial charge in [0.15, 0.2) is 11.4 Å². The molecule has 20 heteroatoms. The molecule has 0 aromatic carbocycles. The van der Waals surface area contributed by atoms with Crippen molar-refractivity contribution in [2.75, 3.05) is 53.6 Å². The fourth-order valence-corrected chi connectivity index (χ4v) is 10.4. The van der Waals surface area contributed by atoms with Crippen LogP contribution in [-0.2, 0) is 38.1 Å². The maximum Gasteiger partial charge on any atom is 0.404 e. The van der Waals surface area contributed by atoms with Gasteiger partial charge in [-0.15, -0.1) is 0 Å². The van der Waals surface area contributed by atoms with Crippen molar-refractivity contribution < 1.29 is 57.9 Å². The number of rotatable bonds is 17. The Morgan fingerprint density at radius 1 is 0.724 bits per heavy atom. The van der Waals surface area contributed by atoms with Crippen LogP contribution in [0.15, 0.2) is 45.1 Å². The number of ketones is 4. The molecular weight excluding hydrogens is 760 g/mol. The summed E-state index contributed by atoms with van der Waals surface area (Å²) in [4.78, 5) is 82.4. The summed E-state index contributed by atoms with van der Waals surface area (Å²) < 4.78 is 22.3. The first-order chi connectivity index (χ1) is 27.6. The van der Waals surface area contributed by atoms with Gasteiger partial charge in [0.2, 0.25) is 23.1 Å². The molecule has 0 saturated carbocycles. The van der Waals surface area contributed by atoms with Crippen LogP contribution < -0.4 is 32.7 Å². The van der Waals surface area contributed by atoms with Crippen molar-refractivity contribution in [3.05, 3.63) is 45.1 Å². The van der Waals surface area contributed by atoms with Crippen LogP contribution >= 0.6 is 0 Å². The lowest BCUT2D eigenvalue weighted by molar-refractivity contribution is -0.137. The van der Waals surface area contributed by atoms with Gasteiger partial charge in [-0.2, -0.15) is 0 Å². The number of fused-ring (bicyclic) bond motifs is 8. The van der Waals surface area contributed by atoms with Crippen LogP contribution in [0.1, 0.15) is 39.5 Å². The van der Waals surface area contributed by atoms with Crippen molar-refractivity contribution in [3.8, 4) is 0 Å². The number of nitrogens with two attached hydrogens (primary N) is 2. The first-order valence-electron chi connectivity index (χ1n) is 19.6. The van der Waals surface area contributed by atoms with E-state index in [9.17, 15) is 39.0 Å². The van der Waals surface area contributed by atoms with E-state index in [0.717, 1.165) is 0 Å². The van der Waals surface area contributed by atoms with E-state index in [2.05, 4.69) is 21.3 Å². The van der Waals surface area contributed by atoms with Gasteiger partial charge < -0.3 is 71.7 Å². The number of nitrogens with one attached hydrogen (secondary N) is 4. The van der Waals surface area contributed by atoms with Crippen LogP contribution in [0.5, 0.6) is 0 Å². The van der Waals surface area contributed by atoms with E-state index in [0.29, 0.717) is 38.8 Å². The maximum absolute atomic E-state index is 14.0. The highest BCUT2D eigenvalue weighted by Gasteiger charge is 2.74. The quantitative estimate of drug-likeness (QED) is 0.0420. The van der Waals surface area contributed by atoms with Gasteiger partial charge in [-0.05, 0) is 26.7 Å². The highest BCUT2D eigenvalue weighted by atomic mass is 16.6. The Bertz CT molecular complexity index is 1870. The highest BCUT2D eigenvalue weighted by molar-refractivity contribution is 6.26. The summed E-state index contributed by atoms with van der Waals surface area (Å²) in [6, 6.07) is -0.226. The Balaban J connectivity index is 0.833. The molecule has 0 aromatic heterocycles. The van der Waals surface area contributed by atoms with E-state index in [1.165, 1.54) is 14.2 Å². The minimum atomic E-state index is -1.10. The fourth-order valence-electron chi connectivity index (χ4n) is 10.4. The number of hydrogen-bond donors (Lipinski definition) is 8. The molecule has 4 fully saturated rings. The lowest BCUT2D eigenvalue weighted by atomic mass is 9.82. The van der Waals surface area contributed by atoms with E-state index < -0.39 is 59.2 Å². The van der Waals surface area contributed by atoms with E-state index in [1.807, 2.05) is 0 Å². The topological polar surface area (TPSA) is 306 Å². The molecule has 10 N–H and O–H groups in total. The van der Waals surface area contributed by atoms with Crippen LogP contribution in [0.4, 0.5) is 9.59 Å².